The maximum absolute atomic E-state index is 9.84. The number of hydrogen-bond acceptors (Lipinski definition) is 3. The van der Waals surface area contributed by atoms with Crippen LogP contribution in [0, 0.1) is 0 Å². The van der Waals surface area contributed by atoms with Gasteiger partial charge in [0, 0.05) is 6.08 Å². The van der Waals surface area contributed by atoms with Crippen molar-refractivity contribution in [3.8, 4) is 0 Å². The summed E-state index contributed by atoms with van der Waals surface area (Å²) in [4.78, 5) is 9.84. The Hall–Kier alpha value is -1.51. The summed E-state index contributed by atoms with van der Waals surface area (Å²) in [6, 6.07) is 0. The van der Waals surface area contributed by atoms with Crippen LogP contribution < -0.4 is 0 Å². The quantitative estimate of drug-likeness (QED) is 0.354. The lowest BCUT2D eigenvalue weighted by Crippen LogP contribution is -1.91. The van der Waals surface area contributed by atoms with E-state index in [0.717, 1.165) is 6.08 Å². The molecule has 0 saturated carbocycles. The van der Waals surface area contributed by atoms with Crippen LogP contribution in [0.2, 0.25) is 0 Å². The second kappa shape index (κ2) is 11.3. The molecular weight excluding hydrogens is 144 g/mol. The van der Waals surface area contributed by atoms with Gasteiger partial charge in [0.1, 0.15) is 0 Å². The van der Waals surface area contributed by atoms with Crippen LogP contribution in [0.1, 0.15) is 0 Å². The molecule has 0 fully saturated rings. The van der Waals surface area contributed by atoms with Crippen LogP contribution in [0.15, 0.2) is 38.3 Å². The van der Waals surface area contributed by atoms with Crippen LogP contribution in [0.3, 0.4) is 0 Å². The first-order chi connectivity index (χ1) is 5.22. The second-order valence-electron chi connectivity index (χ2n) is 1.20. The van der Waals surface area contributed by atoms with Crippen molar-refractivity contribution in [2.24, 2.45) is 0 Å². The lowest BCUT2D eigenvalue weighted by atomic mass is 10.7. The molecule has 0 aliphatic rings. The maximum Gasteiger partial charge on any atom is 0.329 e. The summed E-state index contributed by atoms with van der Waals surface area (Å²) >= 11 is 0. The summed E-state index contributed by atoms with van der Waals surface area (Å²) in [6.07, 6.45) is 3.74. The number of ether oxygens (including phenoxy) is 2. The Labute approximate surface area is 66.6 Å². The van der Waals surface area contributed by atoms with Gasteiger partial charge in [-0.2, -0.15) is 0 Å². The highest BCUT2D eigenvalue weighted by molar-refractivity contribution is 5.80. The highest BCUT2D eigenvalue weighted by atomic mass is 16.5. The monoisotopic (exact) mass is 156 g/mol. The lowest BCUT2D eigenvalue weighted by molar-refractivity contribution is -0.134. The van der Waals surface area contributed by atoms with Crippen molar-refractivity contribution in [3.05, 3.63) is 38.3 Å². The van der Waals surface area contributed by atoms with Crippen molar-refractivity contribution < 1.29 is 14.3 Å². The molecule has 0 radical (unpaired) electrons. The minimum absolute atomic E-state index is 0.394. The molecule has 0 atom stereocenters. The topological polar surface area (TPSA) is 35.5 Å². The van der Waals surface area contributed by atoms with Crippen LogP contribution in [0.25, 0.3) is 0 Å². The Morgan fingerprint density at radius 2 is 1.73 bits per heavy atom. The molecule has 11 heavy (non-hydrogen) atoms. The van der Waals surface area contributed by atoms with Crippen LogP contribution in [0.4, 0.5) is 0 Å². The van der Waals surface area contributed by atoms with Crippen molar-refractivity contribution >= 4 is 5.97 Å². The smallest absolute Gasteiger partial charge is 0.329 e. The number of hydrogen-bond donors (Lipinski definition) is 0. The molecule has 62 valence electrons. The number of esters is 1. The second-order valence-corrected chi connectivity index (χ2v) is 1.20. The van der Waals surface area contributed by atoms with Gasteiger partial charge < -0.3 is 9.47 Å². The number of rotatable bonds is 3. The van der Waals surface area contributed by atoms with E-state index in [0.29, 0.717) is 0 Å². The lowest BCUT2D eigenvalue weighted by Gasteiger charge is -1.83. The molecule has 0 unspecified atom stereocenters. The molecule has 0 saturated heterocycles. The van der Waals surface area contributed by atoms with E-state index in [-0.39, 0.29) is 0 Å². The van der Waals surface area contributed by atoms with Crippen LogP contribution in [-0.4, -0.2) is 13.1 Å². The van der Waals surface area contributed by atoms with Gasteiger partial charge in [-0.25, -0.2) is 4.79 Å². The van der Waals surface area contributed by atoms with Crippen LogP contribution in [0.5, 0.6) is 0 Å². The molecule has 0 aliphatic carbocycles. The van der Waals surface area contributed by atoms with Crippen molar-refractivity contribution in [1.82, 2.24) is 0 Å². The number of carbonyl (C=O) groups excluding carboxylic acids is 1. The summed E-state index contributed by atoms with van der Waals surface area (Å²) in [5.74, 6) is -0.394. The molecule has 0 aliphatic heterocycles. The first-order valence-electron chi connectivity index (χ1n) is 2.80. The number of carbonyl (C=O) groups is 1. The van der Waals surface area contributed by atoms with E-state index >= 15 is 0 Å². The normalized spacial score (nSPS) is 6.27. The summed E-state index contributed by atoms with van der Waals surface area (Å²) in [7, 11) is 1.31. The highest BCUT2D eigenvalue weighted by Crippen LogP contribution is 1.67. The zero-order valence-electron chi connectivity index (χ0n) is 6.58. The molecule has 0 spiro atoms. The third-order valence-electron chi connectivity index (χ3n) is 0.560. The average Bonchev–Trinajstić information content (AvgIpc) is 2.06. The van der Waals surface area contributed by atoms with Gasteiger partial charge in [-0.1, -0.05) is 19.7 Å². The first-order valence-corrected chi connectivity index (χ1v) is 2.80. The fraction of sp³-hybridized carbons (Fsp3) is 0.125. The van der Waals surface area contributed by atoms with Gasteiger partial charge in [-0.3, -0.25) is 0 Å². The average molecular weight is 156 g/mol. The molecule has 3 nitrogen and oxygen atoms in total. The van der Waals surface area contributed by atoms with E-state index in [4.69, 9.17) is 0 Å². The van der Waals surface area contributed by atoms with Gasteiger partial charge in [0.25, 0.3) is 0 Å². The minimum Gasteiger partial charge on any atom is -0.474 e. The van der Waals surface area contributed by atoms with Crippen molar-refractivity contribution in [3.63, 3.8) is 0 Å². The van der Waals surface area contributed by atoms with Gasteiger partial charge >= 0.3 is 5.97 Å². The minimum atomic E-state index is -0.394. The molecule has 0 aromatic carbocycles. The van der Waals surface area contributed by atoms with Gasteiger partial charge in [0.15, 0.2) is 0 Å². The molecule has 3 heteroatoms. The van der Waals surface area contributed by atoms with Gasteiger partial charge in [-0.05, 0) is 0 Å². The standard InChI is InChI=1S/C4H6O2.C4H6O/c1-3-4(5)6-2;1-3-5-4-2/h3H,1H2,2H3;3-4H,1-2H2. The Morgan fingerprint density at radius 3 is 1.73 bits per heavy atom. The van der Waals surface area contributed by atoms with E-state index in [9.17, 15) is 4.79 Å². The van der Waals surface area contributed by atoms with Crippen molar-refractivity contribution in [1.29, 1.82) is 0 Å². The van der Waals surface area contributed by atoms with E-state index in [1.54, 1.807) is 0 Å². The summed E-state index contributed by atoms with van der Waals surface area (Å²) in [6.45, 7) is 9.67. The SMILES string of the molecule is C=CC(=O)OC.C=COC=C. The fourth-order valence-electron chi connectivity index (χ4n) is 0.151. The van der Waals surface area contributed by atoms with E-state index in [1.165, 1.54) is 19.6 Å². The zero-order chi connectivity index (χ0) is 9.11. The fourth-order valence-corrected chi connectivity index (χ4v) is 0.151. The third-order valence-corrected chi connectivity index (χ3v) is 0.560. The molecule has 0 heterocycles. The van der Waals surface area contributed by atoms with Crippen LogP contribution >= 0.6 is 0 Å². The van der Waals surface area contributed by atoms with Gasteiger partial charge in [-0.15, -0.1) is 0 Å². The molecule has 0 bridgehead atoms. The van der Waals surface area contributed by atoms with Gasteiger partial charge in [0.2, 0.25) is 0 Å². The zero-order valence-corrected chi connectivity index (χ0v) is 6.58. The number of methoxy groups -OCH3 is 1. The third kappa shape index (κ3) is 17.7. The molecule has 0 aromatic rings. The molecule has 0 amide bonds. The summed E-state index contributed by atoms with van der Waals surface area (Å²) in [5.41, 5.74) is 0. The van der Waals surface area contributed by atoms with E-state index in [1.807, 2.05) is 0 Å². The van der Waals surface area contributed by atoms with Gasteiger partial charge in [0.05, 0.1) is 19.6 Å². The maximum atomic E-state index is 9.84. The Kier molecular flexibility index (Phi) is 12.5. The molecule has 0 N–H and O–H groups in total. The predicted molar refractivity (Wildman–Crippen MR) is 43.7 cm³/mol. The summed E-state index contributed by atoms with van der Waals surface area (Å²) < 4.78 is 8.50. The Bertz CT molecular complexity index is 132. The largest absolute Gasteiger partial charge is 0.474 e. The predicted octanol–water partition coefficient (Wildman–Crippen LogP) is 1.64. The highest BCUT2D eigenvalue weighted by Gasteiger charge is 1.81. The van der Waals surface area contributed by atoms with Crippen molar-refractivity contribution in [2.45, 2.75) is 0 Å². The summed E-state index contributed by atoms with van der Waals surface area (Å²) in [5, 5.41) is 0. The van der Waals surface area contributed by atoms with E-state index in [2.05, 4.69) is 29.2 Å². The molecular formula is C8H12O3. The van der Waals surface area contributed by atoms with E-state index < -0.39 is 5.97 Å². The van der Waals surface area contributed by atoms with Crippen LogP contribution in [-0.2, 0) is 14.3 Å². The first kappa shape index (κ1) is 12.2. The Morgan fingerprint density at radius 1 is 1.27 bits per heavy atom. The molecule has 0 rings (SSSR count). The molecule has 0 aromatic heterocycles. The Balaban J connectivity index is 0. The van der Waals surface area contributed by atoms with Crippen molar-refractivity contribution in [2.75, 3.05) is 7.11 Å².